The number of hydrogen-bond donors (Lipinski definition) is 1. The number of nitrogens with two attached hydrogens (primary N) is 1. The lowest BCUT2D eigenvalue weighted by Gasteiger charge is -2.21. The van der Waals surface area contributed by atoms with Gasteiger partial charge in [-0.1, -0.05) is 39.3 Å². The molecule has 108 valence electrons. The molecule has 1 aromatic carbocycles. The summed E-state index contributed by atoms with van der Waals surface area (Å²) < 4.78 is 0. The highest BCUT2D eigenvalue weighted by molar-refractivity contribution is 5.96. The van der Waals surface area contributed by atoms with Crippen molar-refractivity contribution in [3.8, 4) is 0 Å². The second-order valence-electron chi connectivity index (χ2n) is 5.04. The summed E-state index contributed by atoms with van der Waals surface area (Å²) in [5, 5.41) is 0. The van der Waals surface area contributed by atoms with Crippen molar-refractivity contribution in [3.05, 3.63) is 29.8 Å². The van der Waals surface area contributed by atoms with E-state index in [0.717, 1.165) is 18.5 Å². The number of amides is 1. The van der Waals surface area contributed by atoms with Gasteiger partial charge in [-0.2, -0.15) is 0 Å². The fraction of sp³-hybridized carbons (Fsp3) is 0.533. The van der Waals surface area contributed by atoms with Gasteiger partial charge < -0.3 is 10.6 Å². The first-order chi connectivity index (χ1) is 8.47. The van der Waals surface area contributed by atoms with E-state index in [-0.39, 0.29) is 18.3 Å². The van der Waals surface area contributed by atoms with Crippen LogP contribution in [0.3, 0.4) is 0 Å². The van der Waals surface area contributed by atoms with Gasteiger partial charge in [0.25, 0.3) is 0 Å². The molecule has 0 radical (unpaired) electrons. The molecular weight excluding hydrogens is 260 g/mol. The Labute approximate surface area is 122 Å². The minimum atomic E-state index is -0.398. The number of carbonyl (C=O) groups is 1. The van der Waals surface area contributed by atoms with E-state index in [4.69, 9.17) is 5.73 Å². The maximum Gasteiger partial charge on any atom is 0.243 e. The average Bonchev–Trinajstić information content (AvgIpc) is 2.37. The molecule has 19 heavy (non-hydrogen) atoms. The van der Waals surface area contributed by atoms with Crippen LogP contribution in [0, 0.1) is 0 Å². The molecule has 3 nitrogen and oxygen atoms in total. The number of nitrogens with zero attached hydrogens (tertiary/aromatic N) is 1. The number of benzene rings is 1. The van der Waals surface area contributed by atoms with E-state index in [1.807, 2.05) is 19.1 Å². The zero-order chi connectivity index (χ0) is 13.7. The Morgan fingerprint density at radius 3 is 2.21 bits per heavy atom. The van der Waals surface area contributed by atoms with Gasteiger partial charge in [-0.15, -0.1) is 12.4 Å². The molecule has 1 unspecified atom stereocenters. The Morgan fingerprint density at radius 1 is 1.26 bits per heavy atom. The SMILES string of the molecule is CCCC(N)C(=O)N(C)c1ccc(C(C)C)cc1.Cl. The molecule has 0 aliphatic heterocycles. The lowest BCUT2D eigenvalue weighted by Crippen LogP contribution is -2.41. The number of carbonyl (C=O) groups excluding carboxylic acids is 1. The first-order valence-electron chi connectivity index (χ1n) is 6.60. The van der Waals surface area contributed by atoms with E-state index < -0.39 is 6.04 Å². The largest absolute Gasteiger partial charge is 0.320 e. The third kappa shape index (κ3) is 4.84. The highest BCUT2D eigenvalue weighted by atomic mass is 35.5. The number of hydrogen-bond acceptors (Lipinski definition) is 2. The third-order valence-electron chi connectivity index (χ3n) is 3.19. The average molecular weight is 285 g/mol. The van der Waals surface area contributed by atoms with Gasteiger partial charge in [0.1, 0.15) is 0 Å². The standard InChI is InChI=1S/C15H24N2O.ClH/c1-5-6-14(16)15(18)17(4)13-9-7-12(8-10-13)11(2)3;/h7-11,14H,5-6,16H2,1-4H3;1H. The molecule has 1 amide bonds. The first kappa shape index (κ1) is 17.9. The van der Waals surface area contributed by atoms with Crippen molar-refractivity contribution in [2.24, 2.45) is 5.73 Å². The second kappa shape index (κ2) is 8.18. The van der Waals surface area contributed by atoms with Crippen LogP contribution >= 0.6 is 12.4 Å². The van der Waals surface area contributed by atoms with Crippen LogP contribution in [0.15, 0.2) is 24.3 Å². The van der Waals surface area contributed by atoms with Crippen molar-refractivity contribution in [2.75, 3.05) is 11.9 Å². The highest BCUT2D eigenvalue weighted by Crippen LogP contribution is 2.19. The van der Waals surface area contributed by atoms with Crippen LogP contribution in [0.1, 0.15) is 45.1 Å². The van der Waals surface area contributed by atoms with Crippen molar-refractivity contribution in [1.29, 1.82) is 0 Å². The summed E-state index contributed by atoms with van der Waals surface area (Å²) in [6.07, 6.45) is 1.65. The van der Waals surface area contributed by atoms with Crippen LogP contribution in [0.4, 0.5) is 5.69 Å². The molecule has 0 saturated carbocycles. The first-order valence-corrected chi connectivity index (χ1v) is 6.60. The molecule has 0 aliphatic rings. The van der Waals surface area contributed by atoms with E-state index in [0.29, 0.717) is 5.92 Å². The van der Waals surface area contributed by atoms with Gasteiger partial charge in [0.05, 0.1) is 6.04 Å². The summed E-state index contributed by atoms with van der Waals surface area (Å²) in [6, 6.07) is 7.69. The zero-order valence-corrected chi connectivity index (χ0v) is 13.0. The van der Waals surface area contributed by atoms with Crippen LogP contribution in [0.2, 0.25) is 0 Å². The molecule has 0 fully saturated rings. The molecule has 0 heterocycles. The Morgan fingerprint density at radius 2 is 1.79 bits per heavy atom. The Hall–Kier alpha value is -1.06. The maximum absolute atomic E-state index is 12.1. The van der Waals surface area contributed by atoms with Gasteiger partial charge in [0.2, 0.25) is 5.91 Å². The van der Waals surface area contributed by atoms with Gasteiger partial charge in [0.15, 0.2) is 0 Å². The van der Waals surface area contributed by atoms with Crippen LogP contribution in [-0.2, 0) is 4.79 Å². The normalized spacial score (nSPS) is 11.9. The lowest BCUT2D eigenvalue weighted by atomic mass is 10.0. The molecule has 1 rings (SSSR count). The van der Waals surface area contributed by atoms with Gasteiger partial charge in [-0.05, 0) is 30.0 Å². The fourth-order valence-electron chi connectivity index (χ4n) is 1.89. The Bertz CT molecular complexity index is 390. The predicted molar refractivity (Wildman–Crippen MR) is 84.1 cm³/mol. The van der Waals surface area contributed by atoms with Crippen molar-refractivity contribution >= 4 is 24.0 Å². The minimum absolute atomic E-state index is 0. The van der Waals surface area contributed by atoms with Gasteiger partial charge in [-0.3, -0.25) is 4.79 Å². The van der Waals surface area contributed by atoms with Crippen molar-refractivity contribution in [1.82, 2.24) is 0 Å². The van der Waals surface area contributed by atoms with Gasteiger partial charge >= 0.3 is 0 Å². The van der Waals surface area contributed by atoms with E-state index in [9.17, 15) is 4.79 Å². The van der Waals surface area contributed by atoms with Crippen molar-refractivity contribution in [2.45, 2.75) is 45.6 Å². The summed E-state index contributed by atoms with van der Waals surface area (Å²) in [4.78, 5) is 13.7. The number of halogens is 1. The van der Waals surface area contributed by atoms with Crippen LogP contribution < -0.4 is 10.6 Å². The van der Waals surface area contributed by atoms with Crippen molar-refractivity contribution in [3.63, 3.8) is 0 Å². The Kier molecular flexibility index (Phi) is 7.72. The minimum Gasteiger partial charge on any atom is -0.320 e. The monoisotopic (exact) mass is 284 g/mol. The molecule has 0 aromatic heterocycles. The molecule has 1 aromatic rings. The molecular formula is C15H25ClN2O. The second-order valence-corrected chi connectivity index (χ2v) is 5.04. The molecule has 0 bridgehead atoms. The molecule has 4 heteroatoms. The van der Waals surface area contributed by atoms with Crippen molar-refractivity contribution < 1.29 is 4.79 Å². The smallest absolute Gasteiger partial charge is 0.243 e. The predicted octanol–water partition coefficient (Wildman–Crippen LogP) is 3.32. The van der Waals surface area contributed by atoms with E-state index in [2.05, 4.69) is 26.0 Å². The molecule has 0 saturated heterocycles. The van der Waals surface area contributed by atoms with E-state index >= 15 is 0 Å². The number of rotatable bonds is 5. The van der Waals surface area contributed by atoms with Gasteiger partial charge in [0, 0.05) is 12.7 Å². The van der Waals surface area contributed by atoms with E-state index in [1.165, 1.54) is 5.56 Å². The van der Waals surface area contributed by atoms with Gasteiger partial charge in [-0.25, -0.2) is 0 Å². The van der Waals surface area contributed by atoms with Crippen LogP contribution in [0.5, 0.6) is 0 Å². The Balaban J connectivity index is 0.00000324. The summed E-state index contributed by atoms with van der Waals surface area (Å²) >= 11 is 0. The highest BCUT2D eigenvalue weighted by Gasteiger charge is 2.18. The molecule has 1 atom stereocenters. The summed E-state index contributed by atoms with van der Waals surface area (Å²) in [5.41, 5.74) is 8.03. The molecule has 0 aliphatic carbocycles. The maximum atomic E-state index is 12.1. The van der Waals surface area contributed by atoms with Crippen LogP contribution in [-0.4, -0.2) is 19.0 Å². The summed E-state index contributed by atoms with van der Waals surface area (Å²) in [6.45, 7) is 6.34. The zero-order valence-electron chi connectivity index (χ0n) is 12.2. The van der Waals surface area contributed by atoms with Crippen LogP contribution in [0.25, 0.3) is 0 Å². The quantitative estimate of drug-likeness (QED) is 0.901. The summed E-state index contributed by atoms with van der Waals surface area (Å²) in [7, 11) is 1.78. The van der Waals surface area contributed by atoms with E-state index in [1.54, 1.807) is 11.9 Å². The third-order valence-corrected chi connectivity index (χ3v) is 3.19. The topological polar surface area (TPSA) is 46.3 Å². The molecule has 2 N–H and O–H groups in total. The number of likely N-dealkylation sites (N-methyl/N-ethyl adjacent to an activating group) is 1. The molecule has 0 spiro atoms. The number of anilines is 1. The lowest BCUT2D eigenvalue weighted by molar-refractivity contribution is -0.119. The summed E-state index contributed by atoms with van der Waals surface area (Å²) in [5.74, 6) is 0.483. The fourth-order valence-corrected chi connectivity index (χ4v) is 1.89.